The topological polar surface area (TPSA) is 37.3 Å². The maximum absolute atomic E-state index is 12.5. The van der Waals surface area contributed by atoms with Crippen LogP contribution in [0.25, 0.3) is 0 Å². The Morgan fingerprint density at radius 3 is 2.95 bits per heavy atom. The molecular weight excluding hydrogens is 330 g/mol. The highest BCUT2D eigenvalue weighted by Crippen LogP contribution is 2.26. The summed E-state index contributed by atoms with van der Waals surface area (Å²) in [5, 5.41) is 3.52. The van der Waals surface area contributed by atoms with Crippen LogP contribution < -0.4 is 5.32 Å². The monoisotopic (exact) mass is 347 g/mol. The van der Waals surface area contributed by atoms with Crippen LogP contribution in [0.1, 0.15) is 23.3 Å². The number of carbonyl (C=O) groups is 1. The number of halogens is 2. The lowest BCUT2D eigenvalue weighted by molar-refractivity contribution is 0.0652. The van der Waals surface area contributed by atoms with Crippen molar-refractivity contribution in [2.45, 2.75) is 18.9 Å². The van der Waals surface area contributed by atoms with Gasteiger partial charge in [-0.1, -0.05) is 0 Å². The predicted molar refractivity (Wildman–Crippen MR) is 80.8 cm³/mol. The molecular formula is C13H19BrClN3O. The van der Waals surface area contributed by atoms with Crippen molar-refractivity contribution in [3.8, 4) is 0 Å². The van der Waals surface area contributed by atoms with E-state index in [2.05, 4.69) is 21.2 Å². The lowest BCUT2D eigenvalue weighted by Gasteiger charge is -2.34. The molecule has 19 heavy (non-hydrogen) atoms. The molecule has 0 radical (unpaired) electrons. The van der Waals surface area contributed by atoms with E-state index in [1.807, 2.05) is 28.8 Å². The normalized spacial score (nSPS) is 25.9. The quantitative estimate of drug-likeness (QED) is 0.843. The largest absolute Gasteiger partial charge is 0.345 e. The van der Waals surface area contributed by atoms with Gasteiger partial charge in [-0.05, 0) is 47.3 Å². The highest BCUT2D eigenvalue weighted by atomic mass is 79.9. The van der Waals surface area contributed by atoms with E-state index >= 15 is 0 Å². The first-order valence-corrected chi connectivity index (χ1v) is 7.29. The fourth-order valence-electron chi connectivity index (χ4n) is 3.13. The third-order valence-electron chi connectivity index (χ3n) is 4.13. The third kappa shape index (κ3) is 2.83. The molecule has 0 aliphatic carbocycles. The molecule has 0 spiro atoms. The number of hydrogen-bond acceptors (Lipinski definition) is 2. The number of nitrogens with zero attached hydrogens (tertiary/aromatic N) is 2. The van der Waals surface area contributed by atoms with Crippen LogP contribution in [0.2, 0.25) is 0 Å². The van der Waals surface area contributed by atoms with Gasteiger partial charge in [-0.15, -0.1) is 12.4 Å². The molecule has 6 heteroatoms. The number of carbonyl (C=O) groups excluding carboxylic acids is 1. The molecule has 4 nitrogen and oxygen atoms in total. The van der Waals surface area contributed by atoms with E-state index in [0.717, 1.165) is 36.2 Å². The Bertz CT molecular complexity index is 476. The van der Waals surface area contributed by atoms with Gasteiger partial charge in [-0.3, -0.25) is 4.79 Å². The molecule has 0 aromatic carbocycles. The lowest BCUT2D eigenvalue weighted by atomic mass is 9.93. The summed E-state index contributed by atoms with van der Waals surface area (Å²) in [6, 6.07) is 2.54. The van der Waals surface area contributed by atoms with Gasteiger partial charge in [0.2, 0.25) is 0 Å². The molecule has 3 rings (SSSR count). The van der Waals surface area contributed by atoms with Gasteiger partial charge in [0.05, 0.1) is 0 Å². The molecule has 2 aliphatic rings. The van der Waals surface area contributed by atoms with Crippen LogP contribution in [-0.4, -0.2) is 41.1 Å². The number of aryl methyl sites for hydroxylation is 1. The summed E-state index contributed by atoms with van der Waals surface area (Å²) in [6.07, 6.45) is 4.21. The van der Waals surface area contributed by atoms with Gasteiger partial charge in [-0.25, -0.2) is 0 Å². The molecule has 1 aromatic heterocycles. The van der Waals surface area contributed by atoms with Crippen molar-refractivity contribution in [2.75, 3.05) is 19.6 Å². The van der Waals surface area contributed by atoms with E-state index in [1.54, 1.807) is 0 Å². The van der Waals surface area contributed by atoms with Crippen molar-refractivity contribution in [1.82, 2.24) is 14.8 Å². The van der Waals surface area contributed by atoms with Crippen molar-refractivity contribution in [2.24, 2.45) is 13.0 Å². The van der Waals surface area contributed by atoms with Crippen LogP contribution in [0.15, 0.2) is 16.7 Å². The summed E-state index contributed by atoms with van der Waals surface area (Å²) in [7, 11) is 1.92. The van der Waals surface area contributed by atoms with E-state index in [0.29, 0.717) is 12.0 Å². The number of hydrogen-bond donors (Lipinski definition) is 1. The standard InChI is InChI=1S/C13H18BrN3O.ClH/c1-16-8-10(14)6-12(16)13(18)17-5-3-11-9(7-17)2-4-15-11;/h6,8-9,11,15H,2-5,7H2,1H3;1H. The van der Waals surface area contributed by atoms with Gasteiger partial charge in [0.15, 0.2) is 0 Å². The first kappa shape index (κ1) is 14.9. The summed E-state index contributed by atoms with van der Waals surface area (Å²) in [6.45, 7) is 2.88. The molecule has 2 unspecified atom stereocenters. The maximum atomic E-state index is 12.5. The zero-order valence-corrected chi connectivity index (χ0v) is 13.3. The number of likely N-dealkylation sites (tertiary alicyclic amines) is 1. The number of fused-ring (bicyclic) bond motifs is 1. The van der Waals surface area contributed by atoms with Crippen LogP contribution >= 0.6 is 28.3 Å². The summed E-state index contributed by atoms with van der Waals surface area (Å²) < 4.78 is 2.86. The lowest BCUT2D eigenvalue weighted by Crippen LogP contribution is -2.47. The molecule has 3 heterocycles. The highest BCUT2D eigenvalue weighted by molar-refractivity contribution is 9.10. The highest BCUT2D eigenvalue weighted by Gasteiger charge is 2.35. The van der Waals surface area contributed by atoms with Crippen molar-refractivity contribution in [3.05, 3.63) is 22.4 Å². The van der Waals surface area contributed by atoms with Gasteiger partial charge in [0.1, 0.15) is 5.69 Å². The molecule has 1 aromatic rings. The van der Waals surface area contributed by atoms with E-state index in [9.17, 15) is 4.79 Å². The third-order valence-corrected chi connectivity index (χ3v) is 4.57. The number of rotatable bonds is 1. The molecule has 0 saturated carbocycles. The number of amides is 1. The minimum atomic E-state index is 0. The fraction of sp³-hybridized carbons (Fsp3) is 0.615. The molecule has 2 aliphatic heterocycles. The molecule has 2 saturated heterocycles. The molecule has 1 N–H and O–H groups in total. The summed E-state index contributed by atoms with van der Waals surface area (Å²) in [5.41, 5.74) is 0.770. The number of aromatic nitrogens is 1. The van der Waals surface area contributed by atoms with E-state index < -0.39 is 0 Å². The number of piperidine rings is 1. The Labute approximate surface area is 128 Å². The van der Waals surface area contributed by atoms with Crippen LogP contribution in [0.3, 0.4) is 0 Å². The first-order valence-electron chi connectivity index (χ1n) is 6.49. The Morgan fingerprint density at radius 2 is 2.26 bits per heavy atom. The average molecular weight is 349 g/mol. The van der Waals surface area contributed by atoms with Crippen LogP contribution in [0.4, 0.5) is 0 Å². The van der Waals surface area contributed by atoms with Gasteiger partial charge >= 0.3 is 0 Å². The van der Waals surface area contributed by atoms with Gasteiger partial charge in [-0.2, -0.15) is 0 Å². The average Bonchev–Trinajstić information content (AvgIpc) is 2.93. The zero-order chi connectivity index (χ0) is 12.7. The first-order chi connectivity index (χ1) is 8.65. The smallest absolute Gasteiger partial charge is 0.270 e. The van der Waals surface area contributed by atoms with Crippen molar-refractivity contribution in [1.29, 1.82) is 0 Å². The fourth-order valence-corrected chi connectivity index (χ4v) is 3.65. The second kappa shape index (κ2) is 5.85. The van der Waals surface area contributed by atoms with Gasteiger partial charge in [0.25, 0.3) is 5.91 Å². The Morgan fingerprint density at radius 1 is 1.47 bits per heavy atom. The second-order valence-electron chi connectivity index (χ2n) is 5.30. The number of nitrogens with one attached hydrogen (secondary N) is 1. The summed E-state index contributed by atoms with van der Waals surface area (Å²) in [5.74, 6) is 0.806. The molecule has 2 atom stereocenters. The molecule has 2 fully saturated rings. The minimum absolute atomic E-state index is 0. The van der Waals surface area contributed by atoms with Crippen molar-refractivity contribution >= 4 is 34.2 Å². The predicted octanol–water partition coefficient (Wildman–Crippen LogP) is 2.03. The van der Waals surface area contributed by atoms with Crippen LogP contribution in [0, 0.1) is 5.92 Å². The van der Waals surface area contributed by atoms with Gasteiger partial charge < -0.3 is 14.8 Å². The molecule has 106 valence electrons. The zero-order valence-electron chi connectivity index (χ0n) is 10.9. The second-order valence-corrected chi connectivity index (χ2v) is 6.22. The maximum Gasteiger partial charge on any atom is 0.270 e. The molecule has 1 amide bonds. The van der Waals surface area contributed by atoms with Crippen LogP contribution in [-0.2, 0) is 7.05 Å². The van der Waals surface area contributed by atoms with E-state index in [-0.39, 0.29) is 18.3 Å². The summed E-state index contributed by atoms with van der Waals surface area (Å²) in [4.78, 5) is 14.5. The summed E-state index contributed by atoms with van der Waals surface area (Å²) >= 11 is 3.42. The van der Waals surface area contributed by atoms with E-state index in [4.69, 9.17) is 0 Å². The van der Waals surface area contributed by atoms with Gasteiger partial charge in [0, 0.05) is 36.8 Å². The Kier molecular flexibility index (Phi) is 4.58. The SMILES string of the molecule is Cl.Cn1cc(Br)cc1C(=O)N1CCC2NCCC2C1. The Balaban J connectivity index is 0.00000133. The van der Waals surface area contributed by atoms with Crippen LogP contribution in [0.5, 0.6) is 0 Å². The van der Waals surface area contributed by atoms with Crippen molar-refractivity contribution in [3.63, 3.8) is 0 Å². The Hall–Kier alpha value is -0.520. The molecule has 0 bridgehead atoms. The minimum Gasteiger partial charge on any atom is -0.345 e. The van der Waals surface area contributed by atoms with E-state index in [1.165, 1.54) is 6.42 Å². The van der Waals surface area contributed by atoms with Crippen molar-refractivity contribution < 1.29 is 4.79 Å².